The third-order valence-corrected chi connectivity index (χ3v) is 2.84. The summed E-state index contributed by atoms with van der Waals surface area (Å²) in [4.78, 5) is 14.5. The second-order valence-electron chi connectivity index (χ2n) is 5.33. The summed E-state index contributed by atoms with van der Waals surface area (Å²) in [5.74, 6) is 0. The largest absolute Gasteiger partial charge is 0.326 e. The van der Waals surface area contributed by atoms with E-state index in [1.165, 1.54) is 5.56 Å². The average molecular weight is 215 g/mol. The molecule has 0 spiro atoms. The zero-order valence-electron chi connectivity index (χ0n) is 10.2. The molecule has 1 heterocycles. The predicted octanol–water partition coefficient (Wildman–Crippen LogP) is 3.13. The molecule has 2 rings (SSSR count). The Kier molecular flexibility index (Phi) is 2.38. The lowest BCUT2D eigenvalue weighted by atomic mass is 9.86. The molecule has 2 aromatic rings. The Balaban J connectivity index is 2.76. The number of benzene rings is 1. The normalized spacial score (nSPS) is 12.0. The highest BCUT2D eigenvalue weighted by molar-refractivity contribution is 5.82. The van der Waals surface area contributed by atoms with Gasteiger partial charge in [0.05, 0.1) is 0 Å². The van der Waals surface area contributed by atoms with E-state index >= 15 is 0 Å². The Bertz CT molecular complexity index is 588. The van der Waals surface area contributed by atoms with Gasteiger partial charge in [0.15, 0.2) is 0 Å². The molecule has 0 amide bonds. The molecule has 0 atom stereocenters. The number of nitrogens with one attached hydrogen (secondary N) is 1. The van der Waals surface area contributed by atoms with E-state index in [0.29, 0.717) is 0 Å². The van der Waals surface area contributed by atoms with Crippen LogP contribution in [-0.4, -0.2) is 4.98 Å². The van der Waals surface area contributed by atoms with Crippen molar-refractivity contribution in [1.29, 1.82) is 0 Å². The van der Waals surface area contributed by atoms with Crippen LogP contribution in [0.5, 0.6) is 0 Å². The van der Waals surface area contributed by atoms with Crippen molar-refractivity contribution in [2.24, 2.45) is 0 Å². The third-order valence-electron chi connectivity index (χ3n) is 2.84. The van der Waals surface area contributed by atoms with Gasteiger partial charge in [0.1, 0.15) is 0 Å². The van der Waals surface area contributed by atoms with Crippen molar-refractivity contribution in [3.63, 3.8) is 0 Å². The molecule has 0 aliphatic heterocycles. The molecule has 16 heavy (non-hydrogen) atoms. The first-order valence-corrected chi connectivity index (χ1v) is 5.52. The first-order valence-electron chi connectivity index (χ1n) is 5.52. The Morgan fingerprint density at radius 2 is 1.81 bits per heavy atom. The molecule has 1 aromatic carbocycles. The number of hydrogen-bond donors (Lipinski definition) is 1. The number of hydrogen-bond acceptors (Lipinski definition) is 1. The summed E-state index contributed by atoms with van der Waals surface area (Å²) in [7, 11) is 0. The number of fused-ring (bicyclic) bond motifs is 1. The average Bonchev–Trinajstić information content (AvgIpc) is 2.15. The van der Waals surface area contributed by atoms with E-state index in [1.54, 1.807) is 0 Å². The van der Waals surface area contributed by atoms with E-state index in [0.717, 1.165) is 16.5 Å². The first kappa shape index (κ1) is 10.9. The summed E-state index contributed by atoms with van der Waals surface area (Å²) < 4.78 is 0. The Morgan fingerprint density at radius 1 is 1.12 bits per heavy atom. The molecule has 1 aromatic heterocycles. The summed E-state index contributed by atoms with van der Waals surface area (Å²) >= 11 is 0. The molecular weight excluding hydrogens is 198 g/mol. The minimum Gasteiger partial charge on any atom is -0.326 e. The van der Waals surface area contributed by atoms with Crippen LogP contribution in [0.15, 0.2) is 29.1 Å². The van der Waals surface area contributed by atoms with Crippen LogP contribution in [-0.2, 0) is 5.41 Å². The van der Waals surface area contributed by atoms with E-state index in [2.05, 4.69) is 31.8 Å². The lowest BCUT2D eigenvalue weighted by Crippen LogP contribution is -2.12. The Morgan fingerprint density at radius 3 is 2.44 bits per heavy atom. The van der Waals surface area contributed by atoms with Crippen molar-refractivity contribution in [1.82, 2.24) is 4.98 Å². The summed E-state index contributed by atoms with van der Waals surface area (Å²) in [6.45, 7) is 8.43. The zero-order chi connectivity index (χ0) is 11.9. The summed E-state index contributed by atoms with van der Waals surface area (Å²) in [6.07, 6.45) is 0. The van der Waals surface area contributed by atoms with E-state index in [-0.39, 0.29) is 11.0 Å². The maximum Gasteiger partial charge on any atom is 0.256 e. The van der Waals surface area contributed by atoms with E-state index in [9.17, 15) is 4.79 Å². The fourth-order valence-electron chi connectivity index (χ4n) is 1.87. The molecule has 2 nitrogen and oxygen atoms in total. The van der Waals surface area contributed by atoms with Crippen molar-refractivity contribution in [2.75, 3.05) is 0 Å². The first-order chi connectivity index (χ1) is 7.38. The van der Waals surface area contributed by atoms with Gasteiger partial charge >= 0.3 is 0 Å². The zero-order valence-corrected chi connectivity index (χ0v) is 10.2. The highest BCUT2D eigenvalue weighted by atomic mass is 16.1. The molecule has 1 N–H and O–H groups in total. The number of aromatic amines is 1. The van der Waals surface area contributed by atoms with Crippen LogP contribution in [0, 0.1) is 6.92 Å². The van der Waals surface area contributed by atoms with Crippen LogP contribution in [0.2, 0.25) is 0 Å². The molecule has 0 unspecified atom stereocenters. The van der Waals surface area contributed by atoms with Gasteiger partial charge in [-0.25, -0.2) is 0 Å². The summed E-state index contributed by atoms with van der Waals surface area (Å²) in [6, 6.07) is 8.07. The van der Waals surface area contributed by atoms with Crippen molar-refractivity contribution in [2.45, 2.75) is 33.1 Å². The highest BCUT2D eigenvalue weighted by Gasteiger charge is 2.14. The van der Waals surface area contributed by atoms with Gasteiger partial charge in [0.2, 0.25) is 0 Å². The van der Waals surface area contributed by atoms with Crippen LogP contribution in [0.1, 0.15) is 32.0 Å². The van der Waals surface area contributed by atoms with Crippen molar-refractivity contribution < 1.29 is 0 Å². The molecule has 84 valence electrons. The molecule has 2 heteroatoms. The van der Waals surface area contributed by atoms with Gasteiger partial charge in [-0.2, -0.15) is 0 Å². The molecule has 0 fully saturated rings. The molecule has 0 bridgehead atoms. The van der Waals surface area contributed by atoms with Gasteiger partial charge in [-0.3, -0.25) is 4.79 Å². The van der Waals surface area contributed by atoms with E-state index in [1.807, 2.05) is 25.1 Å². The van der Waals surface area contributed by atoms with Crippen LogP contribution < -0.4 is 5.56 Å². The topological polar surface area (TPSA) is 32.9 Å². The number of aryl methyl sites for hydroxylation is 1. The van der Waals surface area contributed by atoms with Crippen LogP contribution >= 0.6 is 0 Å². The van der Waals surface area contributed by atoms with E-state index in [4.69, 9.17) is 0 Å². The molecule has 0 aliphatic carbocycles. The minimum absolute atomic E-state index is 0.00420. The van der Waals surface area contributed by atoms with Gasteiger partial charge in [-0.1, -0.05) is 32.9 Å². The molecule has 0 aliphatic rings. The number of pyridine rings is 1. The van der Waals surface area contributed by atoms with Crippen LogP contribution in [0.4, 0.5) is 0 Å². The maximum atomic E-state index is 11.7. The van der Waals surface area contributed by atoms with Gasteiger partial charge < -0.3 is 4.98 Å². The van der Waals surface area contributed by atoms with Gasteiger partial charge in [-0.15, -0.1) is 0 Å². The second kappa shape index (κ2) is 3.48. The third kappa shape index (κ3) is 1.87. The Labute approximate surface area is 95.3 Å². The Hall–Kier alpha value is -1.57. The fraction of sp³-hybridized carbons (Fsp3) is 0.357. The molecular formula is C14H17NO. The van der Waals surface area contributed by atoms with Crippen molar-refractivity contribution in [3.05, 3.63) is 45.9 Å². The summed E-state index contributed by atoms with van der Waals surface area (Å²) in [5, 5.41) is 1.78. The smallest absolute Gasteiger partial charge is 0.256 e. The lowest BCUT2D eigenvalue weighted by Gasteiger charge is -2.19. The van der Waals surface area contributed by atoms with Gasteiger partial charge in [0, 0.05) is 11.1 Å². The lowest BCUT2D eigenvalue weighted by molar-refractivity contribution is 0.591. The van der Waals surface area contributed by atoms with Crippen LogP contribution in [0.3, 0.4) is 0 Å². The number of rotatable bonds is 0. The predicted molar refractivity (Wildman–Crippen MR) is 68.0 cm³/mol. The second-order valence-corrected chi connectivity index (χ2v) is 5.33. The molecule has 0 saturated carbocycles. The molecule has 0 saturated heterocycles. The fourth-order valence-corrected chi connectivity index (χ4v) is 1.87. The SMILES string of the molecule is Cc1cc2cc(C(C)(C)C)ccc2c(=O)[nH]1. The maximum absolute atomic E-state index is 11.7. The standard InChI is InChI=1S/C14H17NO/c1-9-7-10-8-11(14(2,3)4)5-6-12(10)13(16)15-9/h5-8H,1-4H3,(H,15,16). The van der Waals surface area contributed by atoms with Crippen LogP contribution in [0.25, 0.3) is 10.8 Å². The van der Waals surface area contributed by atoms with Gasteiger partial charge in [-0.05, 0) is 35.4 Å². The highest BCUT2D eigenvalue weighted by Crippen LogP contribution is 2.24. The number of H-pyrrole nitrogens is 1. The number of aromatic nitrogens is 1. The van der Waals surface area contributed by atoms with Gasteiger partial charge in [0.25, 0.3) is 5.56 Å². The van der Waals surface area contributed by atoms with E-state index < -0.39 is 0 Å². The van der Waals surface area contributed by atoms with Crippen molar-refractivity contribution >= 4 is 10.8 Å². The monoisotopic (exact) mass is 215 g/mol. The quantitative estimate of drug-likeness (QED) is 0.719. The molecule has 0 radical (unpaired) electrons. The van der Waals surface area contributed by atoms with Crippen molar-refractivity contribution in [3.8, 4) is 0 Å². The summed E-state index contributed by atoms with van der Waals surface area (Å²) in [5.41, 5.74) is 2.27. The minimum atomic E-state index is -0.00420.